The molecule has 8 heteroatoms. The van der Waals surface area contributed by atoms with Crippen LogP contribution in [0.25, 0.3) is 0 Å². The lowest BCUT2D eigenvalue weighted by Gasteiger charge is -2.31. The molecule has 2 aliphatic heterocycles. The van der Waals surface area contributed by atoms with E-state index in [9.17, 15) is 22.8 Å². The number of likely N-dealkylation sites (N-methyl/N-ethyl adjacent to an activating group) is 1. The Balaban J connectivity index is 1.82. The Morgan fingerprint density at radius 2 is 1.75 bits per heavy atom. The maximum atomic E-state index is 14.2. The molecular weight excluding hydrogens is 323 g/mol. The first-order chi connectivity index (χ1) is 11.4. The van der Waals surface area contributed by atoms with Crippen molar-refractivity contribution in [3.8, 4) is 0 Å². The number of halogens is 3. The summed E-state index contributed by atoms with van der Waals surface area (Å²) < 4.78 is 40.9. The van der Waals surface area contributed by atoms with Gasteiger partial charge < -0.3 is 10.2 Å². The fourth-order valence-electron chi connectivity index (χ4n) is 3.26. The number of rotatable bonds is 2. The van der Waals surface area contributed by atoms with Crippen LogP contribution in [0.3, 0.4) is 0 Å². The lowest BCUT2D eigenvalue weighted by molar-refractivity contribution is -0.126. The minimum atomic E-state index is -1.32. The standard InChI is InChI=1S/C16H14F3N3O2/c1-21-12-6-22(7-2-3-7)15(23)13(12)14(20-16(21)24)8-4-10(18)11(19)5-9(8)17/h4-5,7,14H,2-3,6H2,1H3,(H,20,24). The van der Waals surface area contributed by atoms with Crippen LogP contribution in [-0.2, 0) is 4.79 Å². The molecule has 5 nitrogen and oxygen atoms in total. The molecule has 1 aromatic rings. The Morgan fingerprint density at radius 3 is 2.42 bits per heavy atom. The number of nitrogens with zero attached hydrogens (tertiary/aromatic N) is 2. The van der Waals surface area contributed by atoms with E-state index in [1.807, 2.05) is 0 Å². The number of carbonyl (C=O) groups excluding carboxylic acids is 2. The third kappa shape index (κ3) is 2.09. The molecule has 1 unspecified atom stereocenters. The molecule has 4 rings (SSSR count). The van der Waals surface area contributed by atoms with Crippen LogP contribution in [0, 0.1) is 17.5 Å². The molecule has 3 amide bonds. The molecule has 2 heterocycles. The fraction of sp³-hybridized carbons (Fsp3) is 0.375. The van der Waals surface area contributed by atoms with Crippen LogP contribution in [0.1, 0.15) is 24.4 Å². The molecule has 0 aromatic heterocycles. The lowest BCUT2D eigenvalue weighted by Crippen LogP contribution is -2.45. The number of amides is 3. The number of nitrogens with one attached hydrogen (secondary N) is 1. The summed E-state index contributed by atoms with van der Waals surface area (Å²) in [4.78, 5) is 27.8. The molecule has 1 fully saturated rings. The zero-order valence-electron chi connectivity index (χ0n) is 12.8. The Bertz CT molecular complexity index is 804. The van der Waals surface area contributed by atoms with Gasteiger partial charge in [0.05, 0.1) is 23.9 Å². The van der Waals surface area contributed by atoms with Gasteiger partial charge in [-0.1, -0.05) is 0 Å². The Labute approximate surface area is 135 Å². The summed E-state index contributed by atoms with van der Waals surface area (Å²) in [6.45, 7) is 0.268. The van der Waals surface area contributed by atoms with Gasteiger partial charge in [-0.2, -0.15) is 0 Å². The molecule has 1 saturated carbocycles. The highest BCUT2D eigenvalue weighted by Crippen LogP contribution is 2.40. The second-order valence-electron chi connectivity index (χ2n) is 6.25. The first kappa shape index (κ1) is 15.0. The lowest BCUT2D eigenvalue weighted by atomic mass is 9.95. The minimum absolute atomic E-state index is 0.127. The zero-order chi connectivity index (χ0) is 17.2. The normalized spacial score (nSPS) is 23.8. The van der Waals surface area contributed by atoms with Crippen molar-refractivity contribution in [3.63, 3.8) is 0 Å². The van der Waals surface area contributed by atoms with Crippen LogP contribution < -0.4 is 5.32 Å². The van der Waals surface area contributed by atoms with E-state index >= 15 is 0 Å². The van der Waals surface area contributed by atoms with Crippen LogP contribution in [0.2, 0.25) is 0 Å². The van der Waals surface area contributed by atoms with Crippen molar-refractivity contribution in [2.75, 3.05) is 13.6 Å². The van der Waals surface area contributed by atoms with Crippen LogP contribution >= 0.6 is 0 Å². The highest BCUT2D eigenvalue weighted by Gasteiger charge is 2.47. The number of benzene rings is 1. The molecule has 0 radical (unpaired) electrons. The number of hydrogen-bond acceptors (Lipinski definition) is 2. The highest BCUT2D eigenvalue weighted by atomic mass is 19.2. The molecule has 0 bridgehead atoms. The van der Waals surface area contributed by atoms with E-state index in [-0.39, 0.29) is 29.6 Å². The van der Waals surface area contributed by atoms with Crippen LogP contribution in [-0.4, -0.2) is 41.4 Å². The van der Waals surface area contributed by atoms with Gasteiger partial charge in [-0.15, -0.1) is 0 Å². The van der Waals surface area contributed by atoms with Crippen LogP contribution in [0.5, 0.6) is 0 Å². The van der Waals surface area contributed by atoms with Gasteiger partial charge in [-0.05, 0) is 18.9 Å². The maximum Gasteiger partial charge on any atom is 0.322 e. The summed E-state index contributed by atoms with van der Waals surface area (Å²) in [7, 11) is 1.52. The molecule has 1 N–H and O–H groups in total. The summed E-state index contributed by atoms with van der Waals surface area (Å²) in [6.07, 6.45) is 1.78. The molecule has 24 heavy (non-hydrogen) atoms. The van der Waals surface area contributed by atoms with Crippen molar-refractivity contribution in [3.05, 3.63) is 46.4 Å². The van der Waals surface area contributed by atoms with Gasteiger partial charge in [0.1, 0.15) is 5.82 Å². The van der Waals surface area contributed by atoms with E-state index in [1.165, 1.54) is 11.9 Å². The molecule has 1 aromatic carbocycles. The predicted molar refractivity (Wildman–Crippen MR) is 77.1 cm³/mol. The van der Waals surface area contributed by atoms with Gasteiger partial charge in [0.15, 0.2) is 11.6 Å². The van der Waals surface area contributed by atoms with E-state index in [0.717, 1.165) is 12.8 Å². The molecule has 3 aliphatic rings. The van der Waals surface area contributed by atoms with E-state index in [2.05, 4.69) is 5.32 Å². The van der Waals surface area contributed by atoms with Crippen LogP contribution in [0.4, 0.5) is 18.0 Å². The van der Waals surface area contributed by atoms with Gasteiger partial charge in [-0.25, -0.2) is 18.0 Å². The molecular formula is C16H14F3N3O2. The van der Waals surface area contributed by atoms with Crippen molar-refractivity contribution in [1.29, 1.82) is 0 Å². The van der Waals surface area contributed by atoms with Crippen molar-refractivity contribution in [2.24, 2.45) is 0 Å². The first-order valence-electron chi connectivity index (χ1n) is 7.61. The summed E-state index contributed by atoms with van der Waals surface area (Å²) in [5, 5.41) is 2.50. The Hall–Kier alpha value is -2.51. The summed E-state index contributed by atoms with van der Waals surface area (Å²) in [5.41, 5.74) is 0.438. The maximum absolute atomic E-state index is 14.2. The molecule has 0 spiro atoms. The SMILES string of the molecule is CN1C(=O)NC(c2cc(F)c(F)cc2F)C2=C1CN(C1CC1)C2=O. The Kier molecular flexibility index (Phi) is 3.13. The van der Waals surface area contributed by atoms with Crippen LogP contribution in [0.15, 0.2) is 23.4 Å². The van der Waals surface area contributed by atoms with E-state index in [1.54, 1.807) is 4.90 Å². The van der Waals surface area contributed by atoms with Crippen molar-refractivity contribution >= 4 is 11.9 Å². The summed E-state index contributed by atoms with van der Waals surface area (Å²) in [5.74, 6) is -3.85. The monoisotopic (exact) mass is 337 g/mol. The Morgan fingerprint density at radius 1 is 1.08 bits per heavy atom. The minimum Gasteiger partial charge on any atom is -0.330 e. The number of hydrogen-bond donors (Lipinski definition) is 1. The topological polar surface area (TPSA) is 52.7 Å². The van der Waals surface area contributed by atoms with E-state index in [0.29, 0.717) is 17.8 Å². The number of urea groups is 1. The smallest absolute Gasteiger partial charge is 0.322 e. The zero-order valence-corrected chi connectivity index (χ0v) is 12.8. The highest BCUT2D eigenvalue weighted by molar-refractivity contribution is 6.01. The largest absolute Gasteiger partial charge is 0.330 e. The molecule has 0 saturated heterocycles. The van der Waals surface area contributed by atoms with Gasteiger partial charge in [-0.3, -0.25) is 9.69 Å². The predicted octanol–water partition coefficient (Wildman–Crippen LogP) is 2.06. The van der Waals surface area contributed by atoms with E-state index < -0.39 is 29.5 Å². The quantitative estimate of drug-likeness (QED) is 0.840. The van der Waals surface area contributed by atoms with E-state index in [4.69, 9.17) is 0 Å². The van der Waals surface area contributed by atoms with Crippen molar-refractivity contribution in [2.45, 2.75) is 24.9 Å². The second kappa shape index (κ2) is 4.99. The van der Waals surface area contributed by atoms with Gasteiger partial charge in [0.25, 0.3) is 5.91 Å². The molecule has 1 atom stereocenters. The molecule has 126 valence electrons. The first-order valence-corrected chi connectivity index (χ1v) is 7.61. The molecule has 1 aliphatic carbocycles. The third-order valence-corrected chi connectivity index (χ3v) is 4.73. The van der Waals surface area contributed by atoms with Gasteiger partial charge in [0, 0.05) is 24.7 Å². The summed E-state index contributed by atoms with van der Waals surface area (Å²) in [6, 6.07) is -0.406. The van der Waals surface area contributed by atoms with Crippen molar-refractivity contribution in [1.82, 2.24) is 15.1 Å². The van der Waals surface area contributed by atoms with Gasteiger partial charge in [0.2, 0.25) is 0 Å². The fourth-order valence-corrected chi connectivity index (χ4v) is 3.26. The summed E-state index contributed by atoms with van der Waals surface area (Å²) >= 11 is 0. The number of carbonyl (C=O) groups is 2. The van der Waals surface area contributed by atoms with Crippen molar-refractivity contribution < 1.29 is 22.8 Å². The van der Waals surface area contributed by atoms with Gasteiger partial charge >= 0.3 is 6.03 Å². The average molecular weight is 337 g/mol. The second-order valence-corrected chi connectivity index (χ2v) is 6.25. The average Bonchev–Trinajstić information content (AvgIpc) is 3.31. The third-order valence-electron chi connectivity index (χ3n) is 4.73.